The number of hydrogen-bond donors (Lipinski definition) is 0. The molecule has 1 saturated heterocycles. The first-order chi connectivity index (χ1) is 10.9. The van der Waals surface area contributed by atoms with Gasteiger partial charge in [0.25, 0.3) is 11.6 Å². The molecule has 0 N–H and O–H groups in total. The summed E-state index contributed by atoms with van der Waals surface area (Å²) in [7, 11) is 2.83. The number of methoxy groups -OCH3 is 2. The van der Waals surface area contributed by atoms with Crippen LogP contribution in [0.3, 0.4) is 0 Å². The predicted octanol–water partition coefficient (Wildman–Crippen LogP) is 2.73. The molecule has 1 heterocycles. The summed E-state index contributed by atoms with van der Waals surface area (Å²) in [6.07, 6.45) is 1.05. The summed E-state index contributed by atoms with van der Waals surface area (Å²) in [4.78, 5) is 25.3. The fourth-order valence-corrected chi connectivity index (χ4v) is 3.19. The highest BCUT2D eigenvalue weighted by molar-refractivity contribution is 5.99. The second kappa shape index (κ2) is 6.85. The Morgan fingerprint density at radius 2 is 1.70 bits per heavy atom. The van der Waals surface area contributed by atoms with Gasteiger partial charge in [-0.15, -0.1) is 0 Å². The SMILES string of the molecule is COc1cc(C(=O)N2C[C@@H](C)C[C@H](C)C2)c([N+](=O)[O-])cc1OC. The van der Waals surface area contributed by atoms with Crippen LogP contribution in [0.15, 0.2) is 12.1 Å². The van der Waals surface area contributed by atoms with E-state index in [0.29, 0.717) is 30.7 Å². The fourth-order valence-electron chi connectivity index (χ4n) is 3.19. The van der Waals surface area contributed by atoms with E-state index >= 15 is 0 Å². The number of hydrogen-bond acceptors (Lipinski definition) is 5. The minimum atomic E-state index is -0.563. The van der Waals surface area contributed by atoms with Gasteiger partial charge in [-0.2, -0.15) is 0 Å². The van der Waals surface area contributed by atoms with Crippen molar-refractivity contribution in [1.29, 1.82) is 0 Å². The van der Waals surface area contributed by atoms with Gasteiger partial charge in [0.2, 0.25) is 0 Å². The molecule has 1 amide bonds. The smallest absolute Gasteiger partial charge is 0.286 e. The minimum absolute atomic E-state index is 0.0361. The summed E-state index contributed by atoms with van der Waals surface area (Å²) in [6.45, 7) is 5.38. The van der Waals surface area contributed by atoms with Gasteiger partial charge in [-0.05, 0) is 18.3 Å². The van der Waals surface area contributed by atoms with Crippen molar-refractivity contribution < 1.29 is 19.2 Å². The number of nitro groups is 1. The number of carbonyl (C=O) groups excluding carboxylic acids is 1. The molecular formula is C16H22N2O5. The first-order valence-electron chi connectivity index (χ1n) is 7.57. The highest BCUT2D eigenvalue weighted by atomic mass is 16.6. The number of nitrogens with zero attached hydrogens (tertiary/aromatic N) is 2. The molecule has 0 unspecified atom stereocenters. The maximum atomic E-state index is 12.8. The molecule has 0 radical (unpaired) electrons. The third-order valence-electron chi connectivity index (χ3n) is 4.09. The number of likely N-dealkylation sites (tertiary alicyclic amines) is 1. The van der Waals surface area contributed by atoms with E-state index < -0.39 is 4.92 Å². The molecule has 0 bridgehead atoms. The Bertz CT molecular complexity index is 607. The molecule has 2 rings (SSSR count). The van der Waals surface area contributed by atoms with Gasteiger partial charge in [-0.25, -0.2) is 0 Å². The van der Waals surface area contributed by atoms with Gasteiger partial charge < -0.3 is 14.4 Å². The number of nitro benzene ring substituents is 1. The van der Waals surface area contributed by atoms with Crippen LogP contribution in [0.5, 0.6) is 11.5 Å². The summed E-state index contributed by atoms with van der Waals surface area (Å²) in [5.74, 6) is 0.954. The summed E-state index contributed by atoms with van der Waals surface area (Å²) in [5.41, 5.74) is -0.229. The lowest BCUT2D eigenvalue weighted by Crippen LogP contribution is -2.42. The average Bonchev–Trinajstić information content (AvgIpc) is 2.51. The number of rotatable bonds is 4. The van der Waals surface area contributed by atoms with E-state index in [2.05, 4.69) is 13.8 Å². The molecule has 1 aromatic rings. The van der Waals surface area contributed by atoms with E-state index in [0.717, 1.165) is 6.42 Å². The van der Waals surface area contributed by atoms with Crippen LogP contribution in [-0.2, 0) is 0 Å². The van der Waals surface area contributed by atoms with Crippen molar-refractivity contribution in [2.45, 2.75) is 20.3 Å². The monoisotopic (exact) mass is 322 g/mol. The molecule has 1 aliphatic rings. The van der Waals surface area contributed by atoms with Crippen LogP contribution in [0.1, 0.15) is 30.6 Å². The molecule has 0 saturated carbocycles. The first-order valence-corrected chi connectivity index (χ1v) is 7.57. The van der Waals surface area contributed by atoms with Crippen LogP contribution in [0.2, 0.25) is 0 Å². The van der Waals surface area contributed by atoms with Gasteiger partial charge in [0.15, 0.2) is 11.5 Å². The van der Waals surface area contributed by atoms with Gasteiger partial charge in [0, 0.05) is 19.2 Å². The van der Waals surface area contributed by atoms with Crippen LogP contribution >= 0.6 is 0 Å². The van der Waals surface area contributed by atoms with E-state index in [1.807, 2.05) is 0 Å². The highest BCUT2D eigenvalue weighted by Gasteiger charge is 2.31. The number of carbonyl (C=O) groups is 1. The molecule has 23 heavy (non-hydrogen) atoms. The largest absolute Gasteiger partial charge is 0.493 e. The summed E-state index contributed by atoms with van der Waals surface area (Å²) >= 11 is 0. The van der Waals surface area contributed by atoms with Crippen molar-refractivity contribution in [3.63, 3.8) is 0 Å². The number of ether oxygens (including phenoxy) is 2. The molecule has 2 atom stereocenters. The maximum Gasteiger partial charge on any atom is 0.286 e. The van der Waals surface area contributed by atoms with Crippen molar-refractivity contribution in [3.8, 4) is 11.5 Å². The van der Waals surface area contributed by atoms with Crippen LogP contribution < -0.4 is 9.47 Å². The van der Waals surface area contributed by atoms with Crippen molar-refractivity contribution in [1.82, 2.24) is 4.90 Å². The Balaban J connectivity index is 2.44. The van der Waals surface area contributed by atoms with Crippen LogP contribution in [0.25, 0.3) is 0 Å². The molecule has 7 heteroatoms. The normalized spacial score (nSPS) is 21.0. The van der Waals surface area contributed by atoms with E-state index in [4.69, 9.17) is 9.47 Å². The topological polar surface area (TPSA) is 81.9 Å². The summed E-state index contributed by atoms with van der Waals surface area (Å²) in [6, 6.07) is 2.63. The van der Waals surface area contributed by atoms with Crippen molar-refractivity contribution in [3.05, 3.63) is 27.8 Å². The van der Waals surface area contributed by atoms with Crippen LogP contribution in [0.4, 0.5) is 5.69 Å². The summed E-state index contributed by atoms with van der Waals surface area (Å²) in [5, 5.41) is 11.3. The molecule has 0 aromatic heterocycles. The molecule has 126 valence electrons. The quantitative estimate of drug-likeness (QED) is 0.629. The zero-order valence-electron chi connectivity index (χ0n) is 13.9. The van der Waals surface area contributed by atoms with Gasteiger partial charge in [-0.3, -0.25) is 14.9 Å². The third-order valence-corrected chi connectivity index (χ3v) is 4.09. The van der Waals surface area contributed by atoms with Gasteiger partial charge in [0.1, 0.15) is 5.56 Å². The first kappa shape index (κ1) is 17.1. The lowest BCUT2D eigenvalue weighted by atomic mass is 9.91. The highest BCUT2D eigenvalue weighted by Crippen LogP contribution is 2.35. The molecule has 1 aliphatic heterocycles. The lowest BCUT2D eigenvalue weighted by molar-refractivity contribution is -0.385. The molecule has 7 nitrogen and oxygen atoms in total. The third kappa shape index (κ3) is 3.55. The van der Waals surface area contributed by atoms with E-state index in [1.165, 1.54) is 26.4 Å². The standard InChI is InChI=1S/C16H22N2O5/c1-10-5-11(2)9-17(8-10)16(19)12-6-14(22-3)15(23-4)7-13(12)18(20)21/h6-7,10-11H,5,8-9H2,1-4H3/t10-,11-/m0/s1. The zero-order chi connectivity index (χ0) is 17.1. The lowest BCUT2D eigenvalue weighted by Gasteiger charge is -2.35. The second-order valence-corrected chi connectivity index (χ2v) is 6.14. The fraction of sp³-hybridized carbons (Fsp3) is 0.562. The Morgan fingerprint density at radius 3 is 2.17 bits per heavy atom. The second-order valence-electron chi connectivity index (χ2n) is 6.14. The minimum Gasteiger partial charge on any atom is -0.493 e. The van der Waals surface area contributed by atoms with E-state index in [9.17, 15) is 14.9 Å². The molecule has 1 fully saturated rings. The van der Waals surface area contributed by atoms with Crippen molar-refractivity contribution >= 4 is 11.6 Å². The molecule has 0 aliphatic carbocycles. The van der Waals surface area contributed by atoms with Gasteiger partial charge in [-0.1, -0.05) is 13.8 Å². The van der Waals surface area contributed by atoms with Gasteiger partial charge >= 0.3 is 0 Å². The van der Waals surface area contributed by atoms with Crippen LogP contribution in [0, 0.1) is 22.0 Å². The Kier molecular flexibility index (Phi) is 5.08. The molecule has 1 aromatic carbocycles. The van der Waals surface area contributed by atoms with Crippen molar-refractivity contribution in [2.75, 3.05) is 27.3 Å². The Hall–Kier alpha value is -2.31. The van der Waals surface area contributed by atoms with Gasteiger partial charge in [0.05, 0.1) is 25.2 Å². The maximum absolute atomic E-state index is 12.8. The van der Waals surface area contributed by atoms with E-state index in [1.54, 1.807) is 4.90 Å². The number of benzene rings is 1. The number of piperidine rings is 1. The summed E-state index contributed by atoms with van der Waals surface area (Å²) < 4.78 is 10.3. The predicted molar refractivity (Wildman–Crippen MR) is 85.0 cm³/mol. The number of amides is 1. The zero-order valence-corrected chi connectivity index (χ0v) is 13.9. The molecular weight excluding hydrogens is 300 g/mol. The average molecular weight is 322 g/mol. The van der Waals surface area contributed by atoms with Crippen LogP contribution in [-0.4, -0.2) is 43.0 Å². The Labute approximate surface area is 135 Å². The van der Waals surface area contributed by atoms with E-state index in [-0.39, 0.29) is 22.9 Å². The molecule has 0 spiro atoms. The Morgan fingerprint density at radius 1 is 1.17 bits per heavy atom. The van der Waals surface area contributed by atoms with Crippen molar-refractivity contribution in [2.24, 2.45) is 11.8 Å².